The van der Waals surface area contributed by atoms with E-state index in [1.165, 1.54) is 12.1 Å². The van der Waals surface area contributed by atoms with E-state index in [0.717, 1.165) is 19.6 Å². The van der Waals surface area contributed by atoms with E-state index in [1.807, 2.05) is 0 Å². The van der Waals surface area contributed by atoms with Crippen LogP contribution in [-0.4, -0.2) is 45.6 Å². The first-order chi connectivity index (χ1) is 9.36. The molecule has 0 aliphatic carbocycles. The first-order valence-corrected chi connectivity index (χ1v) is 8.14. The molecule has 112 valence electrons. The minimum absolute atomic E-state index is 0.0872. The Morgan fingerprint density at radius 1 is 1.30 bits per heavy atom. The SMILES string of the molecule is CC1CN(CCOc2ccc(S(N)(=O)=O)cc2)CC1N. The van der Waals surface area contributed by atoms with E-state index in [-0.39, 0.29) is 10.9 Å². The Kier molecular flexibility index (Phi) is 4.64. The van der Waals surface area contributed by atoms with Gasteiger partial charge >= 0.3 is 0 Å². The number of hydrogen-bond acceptors (Lipinski definition) is 5. The second kappa shape index (κ2) is 6.09. The molecule has 0 spiro atoms. The summed E-state index contributed by atoms with van der Waals surface area (Å²) in [6.07, 6.45) is 0. The number of benzene rings is 1. The van der Waals surface area contributed by atoms with Gasteiger partial charge < -0.3 is 10.5 Å². The molecule has 6 nitrogen and oxygen atoms in total. The lowest BCUT2D eigenvalue weighted by Gasteiger charge is -2.15. The van der Waals surface area contributed by atoms with E-state index in [9.17, 15) is 8.42 Å². The van der Waals surface area contributed by atoms with Gasteiger partial charge in [-0.15, -0.1) is 0 Å². The lowest BCUT2D eigenvalue weighted by Crippen LogP contribution is -2.30. The summed E-state index contributed by atoms with van der Waals surface area (Å²) in [7, 11) is -3.64. The highest BCUT2D eigenvalue weighted by molar-refractivity contribution is 7.89. The summed E-state index contributed by atoms with van der Waals surface area (Å²) in [5, 5.41) is 5.03. The van der Waals surface area contributed by atoms with E-state index in [1.54, 1.807) is 12.1 Å². The topological polar surface area (TPSA) is 98.6 Å². The van der Waals surface area contributed by atoms with Crippen LogP contribution in [0, 0.1) is 5.92 Å². The Morgan fingerprint density at radius 2 is 1.95 bits per heavy atom. The zero-order chi connectivity index (χ0) is 14.8. The summed E-state index contributed by atoms with van der Waals surface area (Å²) < 4.78 is 27.8. The third-order valence-corrected chi connectivity index (χ3v) is 4.50. The molecule has 2 rings (SSSR count). The molecule has 2 atom stereocenters. The molecule has 0 saturated carbocycles. The molecule has 1 fully saturated rings. The fourth-order valence-electron chi connectivity index (χ4n) is 2.30. The highest BCUT2D eigenvalue weighted by Crippen LogP contribution is 2.16. The molecule has 20 heavy (non-hydrogen) atoms. The fourth-order valence-corrected chi connectivity index (χ4v) is 2.81. The first kappa shape index (κ1) is 15.2. The number of nitrogens with two attached hydrogens (primary N) is 2. The molecule has 1 saturated heterocycles. The Bertz CT molecular complexity index is 534. The van der Waals surface area contributed by atoms with Crippen molar-refractivity contribution in [3.8, 4) is 5.75 Å². The molecule has 0 amide bonds. The lowest BCUT2D eigenvalue weighted by molar-refractivity contribution is 0.233. The molecule has 1 aliphatic rings. The molecule has 1 aromatic carbocycles. The van der Waals surface area contributed by atoms with Crippen molar-refractivity contribution >= 4 is 10.0 Å². The molecule has 7 heteroatoms. The summed E-state index contributed by atoms with van der Waals surface area (Å²) in [6, 6.07) is 6.34. The molecule has 1 aromatic rings. The molecular formula is C13H21N3O3S. The van der Waals surface area contributed by atoms with Crippen molar-refractivity contribution in [3.05, 3.63) is 24.3 Å². The molecule has 1 aliphatic heterocycles. The van der Waals surface area contributed by atoms with Gasteiger partial charge in [-0.25, -0.2) is 13.6 Å². The maximum absolute atomic E-state index is 11.1. The molecular weight excluding hydrogens is 278 g/mol. The van der Waals surface area contributed by atoms with Gasteiger partial charge in [-0.2, -0.15) is 0 Å². The van der Waals surface area contributed by atoms with Gasteiger partial charge in [0.05, 0.1) is 4.90 Å². The van der Waals surface area contributed by atoms with Crippen molar-refractivity contribution in [1.82, 2.24) is 4.90 Å². The van der Waals surface area contributed by atoms with Crippen molar-refractivity contribution in [2.45, 2.75) is 17.9 Å². The van der Waals surface area contributed by atoms with Gasteiger partial charge in [0.2, 0.25) is 10.0 Å². The summed E-state index contributed by atoms with van der Waals surface area (Å²) in [6.45, 7) is 5.41. The number of ether oxygens (including phenoxy) is 1. The predicted molar refractivity (Wildman–Crippen MR) is 76.9 cm³/mol. The van der Waals surface area contributed by atoms with E-state index in [0.29, 0.717) is 18.3 Å². The summed E-state index contributed by atoms with van der Waals surface area (Å²) in [5.74, 6) is 1.15. The maximum atomic E-state index is 11.1. The van der Waals surface area contributed by atoms with E-state index in [2.05, 4.69) is 11.8 Å². The third kappa shape index (κ3) is 3.92. The molecule has 0 aromatic heterocycles. The highest BCUT2D eigenvalue weighted by atomic mass is 32.2. The van der Waals surface area contributed by atoms with E-state index >= 15 is 0 Å². The molecule has 1 heterocycles. The average molecular weight is 299 g/mol. The normalized spacial score (nSPS) is 23.9. The minimum Gasteiger partial charge on any atom is -0.492 e. The molecule has 0 bridgehead atoms. The highest BCUT2D eigenvalue weighted by Gasteiger charge is 2.25. The average Bonchev–Trinajstić information content (AvgIpc) is 2.68. The van der Waals surface area contributed by atoms with Crippen LogP contribution in [0.3, 0.4) is 0 Å². The van der Waals surface area contributed by atoms with Gasteiger partial charge in [-0.1, -0.05) is 6.92 Å². The summed E-state index contributed by atoms with van der Waals surface area (Å²) >= 11 is 0. The van der Waals surface area contributed by atoms with Crippen molar-refractivity contribution in [1.29, 1.82) is 0 Å². The summed E-state index contributed by atoms with van der Waals surface area (Å²) in [4.78, 5) is 2.36. The molecule has 0 radical (unpaired) electrons. The van der Waals surface area contributed by atoms with Gasteiger partial charge in [-0.3, -0.25) is 4.90 Å². The Morgan fingerprint density at radius 3 is 2.45 bits per heavy atom. The number of likely N-dealkylation sites (tertiary alicyclic amines) is 1. The summed E-state index contributed by atoms with van der Waals surface area (Å²) in [5.41, 5.74) is 5.96. The molecule has 4 N–H and O–H groups in total. The van der Waals surface area contributed by atoms with Gasteiger partial charge in [0.15, 0.2) is 0 Å². The number of hydrogen-bond donors (Lipinski definition) is 2. The van der Waals surface area contributed by atoms with Crippen molar-refractivity contribution < 1.29 is 13.2 Å². The van der Waals surface area contributed by atoms with E-state index in [4.69, 9.17) is 15.6 Å². The van der Waals surface area contributed by atoms with Gasteiger partial charge in [0.25, 0.3) is 0 Å². The van der Waals surface area contributed by atoms with Gasteiger partial charge in [0, 0.05) is 25.7 Å². The van der Waals surface area contributed by atoms with Crippen LogP contribution in [0.4, 0.5) is 0 Å². The largest absolute Gasteiger partial charge is 0.492 e. The number of primary sulfonamides is 1. The Hall–Kier alpha value is -1.15. The van der Waals surface area contributed by atoms with Crippen LogP contribution in [0.1, 0.15) is 6.92 Å². The number of sulfonamides is 1. The van der Waals surface area contributed by atoms with Crippen LogP contribution in [-0.2, 0) is 10.0 Å². The second-order valence-electron chi connectivity index (χ2n) is 5.27. The van der Waals surface area contributed by atoms with E-state index < -0.39 is 10.0 Å². The van der Waals surface area contributed by atoms with Crippen LogP contribution in [0.15, 0.2) is 29.2 Å². The van der Waals surface area contributed by atoms with Crippen LogP contribution in [0.5, 0.6) is 5.75 Å². The smallest absolute Gasteiger partial charge is 0.238 e. The lowest BCUT2D eigenvalue weighted by atomic mass is 10.1. The van der Waals surface area contributed by atoms with Crippen LogP contribution in [0.25, 0.3) is 0 Å². The van der Waals surface area contributed by atoms with Crippen LogP contribution >= 0.6 is 0 Å². The zero-order valence-corrected chi connectivity index (χ0v) is 12.3. The standard InChI is InChI=1S/C13H21N3O3S/c1-10-8-16(9-13(10)14)6-7-19-11-2-4-12(5-3-11)20(15,17)18/h2-5,10,13H,6-9,14H2,1H3,(H2,15,17,18). The quantitative estimate of drug-likeness (QED) is 0.797. The fraction of sp³-hybridized carbons (Fsp3) is 0.538. The van der Waals surface area contributed by atoms with Crippen molar-refractivity contribution in [2.24, 2.45) is 16.8 Å². The Labute approximate surface area is 119 Å². The third-order valence-electron chi connectivity index (χ3n) is 3.57. The van der Waals surface area contributed by atoms with Crippen molar-refractivity contribution in [3.63, 3.8) is 0 Å². The predicted octanol–water partition coefficient (Wildman–Crippen LogP) is -0.00820. The Balaban J connectivity index is 1.80. The molecule has 2 unspecified atom stereocenters. The van der Waals surface area contributed by atoms with Crippen molar-refractivity contribution in [2.75, 3.05) is 26.2 Å². The number of rotatable bonds is 5. The number of nitrogens with zero attached hydrogens (tertiary/aromatic N) is 1. The van der Waals surface area contributed by atoms with Crippen LogP contribution in [0.2, 0.25) is 0 Å². The monoisotopic (exact) mass is 299 g/mol. The van der Waals surface area contributed by atoms with Crippen LogP contribution < -0.4 is 15.6 Å². The zero-order valence-electron chi connectivity index (χ0n) is 11.5. The minimum atomic E-state index is -3.64. The van der Waals surface area contributed by atoms with Gasteiger partial charge in [0.1, 0.15) is 12.4 Å². The maximum Gasteiger partial charge on any atom is 0.238 e. The second-order valence-corrected chi connectivity index (χ2v) is 6.83. The first-order valence-electron chi connectivity index (χ1n) is 6.60. The van der Waals surface area contributed by atoms with Gasteiger partial charge in [-0.05, 0) is 30.2 Å².